The lowest BCUT2D eigenvalue weighted by Gasteiger charge is -2.29. The van der Waals surface area contributed by atoms with Crippen molar-refractivity contribution in [3.05, 3.63) is 12.7 Å². The van der Waals surface area contributed by atoms with Crippen LogP contribution in [0.25, 0.3) is 0 Å². The van der Waals surface area contributed by atoms with Crippen LogP contribution in [-0.4, -0.2) is 57.2 Å². The average Bonchev–Trinajstić information content (AvgIpc) is 1.84. The maximum absolute atomic E-state index is 3.74. The number of likely N-dealkylation sites (N-methyl/N-ethyl adjacent to an activating group) is 2. The molecule has 0 aliphatic carbocycles. The summed E-state index contributed by atoms with van der Waals surface area (Å²) < 4.78 is 1.03. The van der Waals surface area contributed by atoms with Crippen molar-refractivity contribution in [1.29, 1.82) is 0 Å². The lowest BCUT2D eigenvalue weighted by atomic mass is 10.4. The fourth-order valence-corrected chi connectivity index (χ4v) is 0.911. The third kappa shape index (κ3) is 6.07. The Morgan fingerprint density at radius 2 is 1.91 bits per heavy atom. The van der Waals surface area contributed by atoms with Gasteiger partial charge >= 0.3 is 0 Å². The third-order valence-corrected chi connectivity index (χ3v) is 1.78. The molecule has 0 aliphatic heterocycles. The molecule has 0 saturated carbocycles. The van der Waals surface area contributed by atoms with Gasteiger partial charge < -0.3 is 9.38 Å². The highest BCUT2D eigenvalue weighted by Gasteiger charge is 2.11. The maximum atomic E-state index is 3.74. The minimum Gasteiger partial charge on any atom is -0.324 e. The van der Waals surface area contributed by atoms with Gasteiger partial charge in [0.1, 0.15) is 0 Å². The van der Waals surface area contributed by atoms with Gasteiger partial charge in [0.15, 0.2) is 0 Å². The molecule has 2 heteroatoms. The quantitative estimate of drug-likeness (QED) is 0.422. The Bertz CT molecular complexity index is 117. The Balaban J connectivity index is 3.62. The SMILES string of the molecule is C=CC[N+](C)(C)CCN(C)C. The van der Waals surface area contributed by atoms with Crippen molar-refractivity contribution in [2.45, 2.75) is 0 Å². The summed E-state index contributed by atoms with van der Waals surface area (Å²) in [5.74, 6) is 0. The summed E-state index contributed by atoms with van der Waals surface area (Å²) in [6, 6.07) is 0. The average molecular weight is 157 g/mol. The molecule has 0 aromatic carbocycles. The van der Waals surface area contributed by atoms with Crippen molar-refractivity contribution < 1.29 is 4.48 Å². The first-order valence-corrected chi connectivity index (χ1v) is 4.05. The zero-order valence-corrected chi connectivity index (χ0v) is 8.30. The van der Waals surface area contributed by atoms with E-state index in [1.807, 2.05) is 6.08 Å². The highest BCUT2D eigenvalue weighted by molar-refractivity contribution is 4.64. The molecular weight excluding hydrogens is 136 g/mol. The zero-order chi connectivity index (χ0) is 8.91. The van der Waals surface area contributed by atoms with Crippen LogP contribution in [0.1, 0.15) is 0 Å². The van der Waals surface area contributed by atoms with Gasteiger partial charge in [-0.25, -0.2) is 0 Å². The van der Waals surface area contributed by atoms with Crippen molar-refractivity contribution in [2.24, 2.45) is 0 Å². The molecule has 0 saturated heterocycles. The minimum absolute atomic E-state index is 1.03. The second kappa shape index (κ2) is 4.52. The molecule has 0 radical (unpaired) electrons. The van der Waals surface area contributed by atoms with Gasteiger partial charge in [0, 0.05) is 6.54 Å². The van der Waals surface area contributed by atoms with Crippen LogP contribution in [0, 0.1) is 0 Å². The molecule has 0 spiro atoms. The summed E-state index contributed by atoms with van der Waals surface area (Å²) in [6.45, 7) is 7.11. The monoisotopic (exact) mass is 157 g/mol. The van der Waals surface area contributed by atoms with Crippen LogP contribution in [-0.2, 0) is 0 Å². The van der Waals surface area contributed by atoms with E-state index in [0.717, 1.165) is 17.6 Å². The van der Waals surface area contributed by atoms with E-state index in [1.54, 1.807) is 0 Å². The Hall–Kier alpha value is -0.340. The normalized spacial score (nSPS) is 12.1. The largest absolute Gasteiger partial charge is 0.324 e. The van der Waals surface area contributed by atoms with Crippen molar-refractivity contribution in [2.75, 3.05) is 47.8 Å². The fourth-order valence-electron chi connectivity index (χ4n) is 0.911. The number of hydrogen-bond acceptors (Lipinski definition) is 1. The predicted octanol–water partition coefficient (Wildman–Crippen LogP) is 0.810. The molecule has 0 fully saturated rings. The lowest BCUT2D eigenvalue weighted by Crippen LogP contribution is -2.44. The first-order chi connectivity index (χ1) is 4.98. The van der Waals surface area contributed by atoms with Gasteiger partial charge in [0.05, 0.1) is 27.2 Å². The molecule has 0 heterocycles. The van der Waals surface area contributed by atoms with E-state index in [4.69, 9.17) is 0 Å². The molecule has 0 aromatic heterocycles. The molecule has 0 bridgehead atoms. The van der Waals surface area contributed by atoms with Gasteiger partial charge in [-0.3, -0.25) is 0 Å². The molecular formula is C9H21N2+. The first kappa shape index (κ1) is 10.7. The molecule has 0 amide bonds. The summed E-state index contributed by atoms with van der Waals surface area (Å²) in [7, 11) is 8.66. The van der Waals surface area contributed by atoms with E-state index < -0.39 is 0 Å². The summed E-state index contributed by atoms with van der Waals surface area (Å²) in [5, 5.41) is 0. The molecule has 11 heavy (non-hydrogen) atoms. The minimum atomic E-state index is 1.03. The van der Waals surface area contributed by atoms with Crippen molar-refractivity contribution in [3.8, 4) is 0 Å². The van der Waals surface area contributed by atoms with Crippen LogP contribution < -0.4 is 0 Å². The van der Waals surface area contributed by atoms with E-state index in [1.165, 1.54) is 6.54 Å². The Morgan fingerprint density at radius 3 is 2.27 bits per heavy atom. The zero-order valence-electron chi connectivity index (χ0n) is 8.30. The number of quaternary nitrogens is 1. The van der Waals surface area contributed by atoms with Crippen LogP contribution in [0.2, 0.25) is 0 Å². The molecule has 2 nitrogen and oxygen atoms in total. The van der Waals surface area contributed by atoms with E-state index in [9.17, 15) is 0 Å². The van der Waals surface area contributed by atoms with Crippen LogP contribution in [0.15, 0.2) is 12.7 Å². The van der Waals surface area contributed by atoms with Crippen molar-refractivity contribution in [3.63, 3.8) is 0 Å². The van der Waals surface area contributed by atoms with Gasteiger partial charge in [-0.2, -0.15) is 0 Å². The topological polar surface area (TPSA) is 3.24 Å². The summed E-state index contributed by atoms with van der Waals surface area (Å²) in [4.78, 5) is 2.21. The second-order valence-electron chi connectivity index (χ2n) is 3.93. The second-order valence-corrected chi connectivity index (χ2v) is 3.93. The molecule has 0 N–H and O–H groups in total. The number of rotatable bonds is 5. The van der Waals surface area contributed by atoms with Crippen LogP contribution in [0.5, 0.6) is 0 Å². The van der Waals surface area contributed by atoms with Gasteiger partial charge in [0.25, 0.3) is 0 Å². The summed E-state index contributed by atoms with van der Waals surface area (Å²) in [6.07, 6.45) is 1.98. The Kier molecular flexibility index (Phi) is 4.38. The third-order valence-electron chi connectivity index (χ3n) is 1.78. The van der Waals surface area contributed by atoms with Gasteiger partial charge in [-0.15, -0.1) is 0 Å². The Morgan fingerprint density at radius 1 is 1.36 bits per heavy atom. The van der Waals surface area contributed by atoms with E-state index in [0.29, 0.717) is 0 Å². The first-order valence-electron chi connectivity index (χ1n) is 4.05. The number of nitrogens with zero attached hydrogens (tertiary/aromatic N) is 2. The van der Waals surface area contributed by atoms with Crippen molar-refractivity contribution in [1.82, 2.24) is 4.90 Å². The Labute approximate surface area is 70.7 Å². The lowest BCUT2D eigenvalue weighted by molar-refractivity contribution is -0.883. The van der Waals surface area contributed by atoms with Crippen LogP contribution >= 0.6 is 0 Å². The van der Waals surface area contributed by atoms with E-state index in [2.05, 4.69) is 39.7 Å². The molecule has 0 aliphatic rings. The van der Waals surface area contributed by atoms with Crippen LogP contribution in [0.3, 0.4) is 0 Å². The molecule has 0 unspecified atom stereocenters. The van der Waals surface area contributed by atoms with E-state index in [-0.39, 0.29) is 0 Å². The summed E-state index contributed by atoms with van der Waals surface area (Å²) in [5.41, 5.74) is 0. The van der Waals surface area contributed by atoms with Crippen LogP contribution in [0.4, 0.5) is 0 Å². The fraction of sp³-hybridized carbons (Fsp3) is 0.778. The molecule has 0 atom stereocenters. The maximum Gasteiger partial charge on any atom is 0.0967 e. The summed E-state index contributed by atoms with van der Waals surface area (Å²) >= 11 is 0. The highest BCUT2D eigenvalue weighted by Crippen LogP contribution is 1.96. The molecule has 66 valence electrons. The molecule has 0 aromatic rings. The predicted molar refractivity (Wildman–Crippen MR) is 50.6 cm³/mol. The standard InChI is InChI=1S/C9H21N2/c1-6-8-11(4,5)9-7-10(2)3/h6H,1,7-9H2,2-5H3/q+1. The van der Waals surface area contributed by atoms with Crippen molar-refractivity contribution >= 4 is 0 Å². The van der Waals surface area contributed by atoms with E-state index >= 15 is 0 Å². The van der Waals surface area contributed by atoms with Gasteiger partial charge in [-0.05, 0) is 20.2 Å². The smallest absolute Gasteiger partial charge is 0.0967 e. The van der Waals surface area contributed by atoms with Gasteiger partial charge in [-0.1, -0.05) is 6.58 Å². The number of hydrogen-bond donors (Lipinski definition) is 0. The van der Waals surface area contributed by atoms with Gasteiger partial charge in [0.2, 0.25) is 0 Å². The molecule has 0 rings (SSSR count). The highest BCUT2D eigenvalue weighted by atomic mass is 15.3.